The van der Waals surface area contributed by atoms with Gasteiger partial charge in [0.1, 0.15) is 11.6 Å². The summed E-state index contributed by atoms with van der Waals surface area (Å²) in [5.41, 5.74) is 2.75. The number of aromatic nitrogens is 2. The fourth-order valence-corrected chi connectivity index (χ4v) is 3.81. The Kier molecular flexibility index (Phi) is 4.25. The molecule has 0 saturated heterocycles. The molecule has 2 aromatic heterocycles. The molecule has 0 amide bonds. The summed E-state index contributed by atoms with van der Waals surface area (Å²) >= 11 is 9.92. The van der Waals surface area contributed by atoms with Crippen molar-refractivity contribution in [2.45, 2.75) is 25.3 Å². The van der Waals surface area contributed by atoms with E-state index < -0.39 is 0 Å². The third-order valence-electron chi connectivity index (χ3n) is 3.53. The van der Waals surface area contributed by atoms with Crippen molar-refractivity contribution in [3.63, 3.8) is 0 Å². The highest BCUT2D eigenvalue weighted by Gasteiger charge is 2.21. The van der Waals surface area contributed by atoms with Gasteiger partial charge >= 0.3 is 0 Å². The molecule has 3 rings (SSSR count). The van der Waals surface area contributed by atoms with Gasteiger partial charge in [-0.25, -0.2) is 9.37 Å². The van der Waals surface area contributed by atoms with E-state index in [0.717, 1.165) is 16.9 Å². The fourth-order valence-electron chi connectivity index (χ4n) is 2.46. The average Bonchev–Trinajstić information content (AvgIpc) is 3.06. The molecule has 0 radical (unpaired) electrons. The lowest BCUT2D eigenvalue weighted by Gasteiger charge is -2.18. The van der Waals surface area contributed by atoms with E-state index >= 15 is 0 Å². The van der Waals surface area contributed by atoms with Crippen LogP contribution in [0.15, 0.2) is 29.0 Å². The predicted octanol–water partition coefficient (Wildman–Crippen LogP) is 5.75. The van der Waals surface area contributed by atoms with Crippen molar-refractivity contribution in [2.75, 3.05) is 0 Å². The van der Waals surface area contributed by atoms with Gasteiger partial charge in [-0.3, -0.25) is 0 Å². The lowest BCUT2D eigenvalue weighted by molar-refractivity contribution is 0.608. The van der Waals surface area contributed by atoms with Crippen LogP contribution in [-0.4, -0.2) is 9.55 Å². The Morgan fingerprint density at radius 1 is 1.38 bits per heavy atom. The minimum Gasteiger partial charge on any atom is -0.319 e. The van der Waals surface area contributed by atoms with Gasteiger partial charge in [0.2, 0.25) is 0 Å². The molecule has 0 N–H and O–H groups in total. The van der Waals surface area contributed by atoms with Crippen LogP contribution in [0.4, 0.5) is 4.39 Å². The van der Waals surface area contributed by atoms with Crippen molar-refractivity contribution in [3.05, 3.63) is 49.7 Å². The standard InChI is InChI=1S/C15H13ClFIN2S/c1-8(16)15-19-13-6-12(18)11(17)5-14(13)20(15)9(2)10-3-4-21-7-10/h3-9H,1-2H3. The first-order valence-electron chi connectivity index (χ1n) is 6.52. The zero-order valence-electron chi connectivity index (χ0n) is 11.5. The Morgan fingerprint density at radius 2 is 2.14 bits per heavy atom. The Hall–Kier alpha value is -0.660. The van der Waals surface area contributed by atoms with Gasteiger partial charge in [-0.15, -0.1) is 11.6 Å². The van der Waals surface area contributed by atoms with Gasteiger partial charge in [0.15, 0.2) is 0 Å². The zero-order chi connectivity index (χ0) is 15.1. The highest BCUT2D eigenvalue weighted by molar-refractivity contribution is 14.1. The number of alkyl halides is 1. The summed E-state index contributed by atoms with van der Waals surface area (Å²) in [6.45, 7) is 3.97. The first kappa shape index (κ1) is 15.2. The molecule has 0 bridgehead atoms. The molecule has 2 unspecified atom stereocenters. The van der Waals surface area contributed by atoms with Gasteiger partial charge < -0.3 is 4.57 Å². The molecular weight excluding hydrogens is 422 g/mol. The summed E-state index contributed by atoms with van der Waals surface area (Å²) in [7, 11) is 0. The molecule has 110 valence electrons. The second-order valence-corrected chi connectivity index (χ2v) is 7.54. The second kappa shape index (κ2) is 5.85. The van der Waals surface area contributed by atoms with Gasteiger partial charge in [0.05, 0.1) is 26.0 Å². The van der Waals surface area contributed by atoms with Crippen molar-refractivity contribution in [3.8, 4) is 0 Å². The van der Waals surface area contributed by atoms with Crippen LogP contribution in [0, 0.1) is 9.39 Å². The minimum atomic E-state index is -0.237. The molecule has 6 heteroatoms. The Morgan fingerprint density at radius 3 is 2.76 bits per heavy atom. The highest BCUT2D eigenvalue weighted by Crippen LogP contribution is 2.33. The number of hydrogen-bond donors (Lipinski definition) is 0. The first-order chi connectivity index (χ1) is 9.99. The number of thiophene rings is 1. The molecule has 1 aromatic carbocycles. The maximum Gasteiger partial charge on any atom is 0.138 e. The third-order valence-corrected chi connectivity index (χ3v) is 5.25. The van der Waals surface area contributed by atoms with E-state index in [0.29, 0.717) is 3.57 Å². The summed E-state index contributed by atoms with van der Waals surface area (Å²) in [4.78, 5) is 4.61. The van der Waals surface area contributed by atoms with Crippen LogP contribution in [0.25, 0.3) is 11.0 Å². The quantitative estimate of drug-likeness (QED) is 0.379. The summed E-state index contributed by atoms with van der Waals surface area (Å²) in [5.74, 6) is 0.544. The zero-order valence-corrected chi connectivity index (χ0v) is 15.2. The van der Waals surface area contributed by atoms with Crippen LogP contribution in [0.5, 0.6) is 0 Å². The van der Waals surface area contributed by atoms with E-state index in [9.17, 15) is 4.39 Å². The van der Waals surface area contributed by atoms with E-state index in [2.05, 4.69) is 23.4 Å². The van der Waals surface area contributed by atoms with E-state index in [1.165, 1.54) is 5.56 Å². The van der Waals surface area contributed by atoms with Crippen LogP contribution in [0.1, 0.15) is 36.7 Å². The van der Waals surface area contributed by atoms with Crippen molar-refractivity contribution in [2.24, 2.45) is 0 Å². The Bertz CT molecular complexity index is 783. The van der Waals surface area contributed by atoms with Crippen LogP contribution in [-0.2, 0) is 0 Å². The predicted molar refractivity (Wildman–Crippen MR) is 94.8 cm³/mol. The molecule has 0 aliphatic carbocycles. The number of benzene rings is 1. The molecule has 2 atom stereocenters. The smallest absolute Gasteiger partial charge is 0.138 e. The normalized spacial score (nSPS) is 14.5. The fraction of sp³-hybridized carbons (Fsp3) is 0.267. The number of imidazole rings is 1. The third kappa shape index (κ3) is 2.71. The molecule has 2 nitrogen and oxygen atoms in total. The number of rotatable bonds is 3. The maximum absolute atomic E-state index is 14.0. The maximum atomic E-state index is 14.0. The molecule has 0 fully saturated rings. The van der Waals surface area contributed by atoms with Crippen molar-refractivity contribution >= 4 is 56.6 Å². The molecule has 0 saturated carbocycles. The SMILES string of the molecule is CC(Cl)c1nc2cc(I)c(F)cc2n1C(C)c1ccsc1. The molecule has 2 heterocycles. The van der Waals surface area contributed by atoms with Gasteiger partial charge in [0, 0.05) is 6.07 Å². The van der Waals surface area contributed by atoms with Gasteiger partial charge in [-0.05, 0) is 64.9 Å². The first-order valence-corrected chi connectivity index (χ1v) is 8.98. The van der Waals surface area contributed by atoms with Crippen LogP contribution < -0.4 is 0 Å². The monoisotopic (exact) mass is 434 g/mol. The largest absolute Gasteiger partial charge is 0.319 e. The number of fused-ring (bicyclic) bond motifs is 1. The summed E-state index contributed by atoms with van der Waals surface area (Å²) in [6, 6.07) is 5.46. The van der Waals surface area contributed by atoms with Crippen molar-refractivity contribution in [1.29, 1.82) is 0 Å². The van der Waals surface area contributed by atoms with Gasteiger partial charge in [0.25, 0.3) is 0 Å². The number of nitrogens with zero attached hydrogens (tertiary/aromatic N) is 2. The second-order valence-electron chi connectivity index (χ2n) is 4.94. The molecule has 0 aliphatic rings. The van der Waals surface area contributed by atoms with E-state index in [1.54, 1.807) is 23.5 Å². The molecular formula is C15H13ClFIN2S. The molecule has 0 aliphatic heterocycles. The molecule has 3 aromatic rings. The average molecular weight is 435 g/mol. The van der Waals surface area contributed by atoms with Gasteiger partial charge in [-0.1, -0.05) is 0 Å². The topological polar surface area (TPSA) is 17.8 Å². The summed E-state index contributed by atoms with van der Waals surface area (Å²) in [5, 5.41) is 3.90. The van der Waals surface area contributed by atoms with Crippen molar-refractivity contribution < 1.29 is 4.39 Å². The number of halogens is 3. The van der Waals surface area contributed by atoms with E-state index in [-0.39, 0.29) is 17.2 Å². The van der Waals surface area contributed by atoms with Gasteiger partial charge in [-0.2, -0.15) is 11.3 Å². The number of hydrogen-bond acceptors (Lipinski definition) is 2. The lowest BCUT2D eigenvalue weighted by Crippen LogP contribution is -2.10. The molecule has 21 heavy (non-hydrogen) atoms. The minimum absolute atomic E-state index is 0.0666. The lowest BCUT2D eigenvalue weighted by atomic mass is 10.1. The van der Waals surface area contributed by atoms with E-state index in [1.807, 2.05) is 39.5 Å². The van der Waals surface area contributed by atoms with Crippen LogP contribution in [0.3, 0.4) is 0 Å². The van der Waals surface area contributed by atoms with Crippen molar-refractivity contribution in [1.82, 2.24) is 9.55 Å². The van der Waals surface area contributed by atoms with E-state index in [4.69, 9.17) is 11.6 Å². The Labute approximate surface area is 145 Å². The molecule has 0 spiro atoms. The summed E-state index contributed by atoms with van der Waals surface area (Å²) in [6.07, 6.45) is 0. The highest BCUT2D eigenvalue weighted by atomic mass is 127. The van der Waals surface area contributed by atoms with Crippen LogP contribution in [0.2, 0.25) is 0 Å². The summed E-state index contributed by atoms with van der Waals surface area (Å²) < 4.78 is 16.6. The van der Waals surface area contributed by atoms with Crippen LogP contribution >= 0.6 is 45.5 Å². The Balaban J connectivity index is 2.27.